The van der Waals surface area contributed by atoms with Gasteiger partial charge in [0.15, 0.2) is 28.8 Å². The first-order valence-electron chi connectivity index (χ1n) is 10.1. The summed E-state index contributed by atoms with van der Waals surface area (Å²) >= 11 is 6.39. The molecule has 1 heterocycles. The third-order valence-electron chi connectivity index (χ3n) is 4.45. The normalized spacial score (nSPS) is 10.9. The summed E-state index contributed by atoms with van der Waals surface area (Å²) in [4.78, 5) is 12.4. The lowest BCUT2D eigenvalue weighted by Crippen LogP contribution is -2.13. The Kier molecular flexibility index (Phi) is 8.37. The summed E-state index contributed by atoms with van der Waals surface area (Å²) in [7, 11) is 3.03. The number of ether oxygens (including phenoxy) is 4. The summed E-state index contributed by atoms with van der Waals surface area (Å²) in [6.45, 7) is 2.11. The van der Waals surface area contributed by atoms with Gasteiger partial charge < -0.3 is 28.8 Å². The topological polar surface area (TPSA) is 116 Å². The monoisotopic (exact) mass is 483 g/mol. The first kappa shape index (κ1) is 24.5. The van der Waals surface area contributed by atoms with Crippen LogP contribution in [0.15, 0.2) is 52.6 Å². The molecule has 10 heteroatoms. The molecule has 1 amide bonds. The van der Waals surface area contributed by atoms with Crippen molar-refractivity contribution in [2.45, 2.75) is 6.92 Å². The van der Waals surface area contributed by atoms with Crippen LogP contribution >= 0.6 is 11.6 Å². The van der Waals surface area contributed by atoms with E-state index in [-0.39, 0.29) is 29.6 Å². The second kappa shape index (κ2) is 11.6. The molecule has 0 aliphatic heterocycles. The highest BCUT2D eigenvalue weighted by Gasteiger charge is 2.15. The predicted molar refractivity (Wildman–Crippen MR) is 125 cm³/mol. The van der Waals surface area contributed by atoms with Gasteiger partial charge >= 0.3 is 0 Å². The molecule has 0 radical (unpaired) electrons. The Hall–Kier alpha value is -4.16. The number of hydrogen-bond acceptors (Lipinski definition) is 8. The van der Waals surface area contributed by atoms with Gasteiger partial charge in [-0.05, 0) is 42.8 Å². The van der Waals surface area contributed by atoms with Crippen LogP contribution in [0, 0.1) is 18.3 Å². The highest BCUT2D eigenvalue weighted by atomic mass is 35.5. The zero-order chi connectivity index (χ0) is 24.5. The number of anilines is 1. The molecule has 1 aromatic heterocycles. The lowest BCUT2D eigenvalue weighted by Gasteiger charge is -2.14. The van der Waals surface area contributed by atoms with Crippen molar-refractivity contribution in [2.24, 2.45) is 0 Å². The molecule has 2 aromatic carbocycles. The Morgan fingerprint density at radius 1 is 1.12 bits per heavy atom. The van der Waals surface area contributed by atoms with Gasteiger partial charge in [-0.15, -0.1) is 0 Å². The lowest BCUT2D eigenvalue weighted by atomic mass is 10.1. The Bertz CT molecular complexity index is 1230. The minimum Gasteiger partial charge on any atom is -0.493 e. The van der Waals surface area contributed by atoms with E-state index in [1.165, 1.54) is 19.3 Å². The van der Waals surface area contributed by atoms with E-state index in [4.69, 9.17) is 35.1 Å². The van der Waals surface area contributed by atoms with Crippen LogP contribution in [0.4, 0.5) is 5.82 Å². The van der Waals surface area contributed by atoms with Crippen molar-refractivity contribution in [1.29, 1.82) is 5.26 Å². The molecular weight excluding hydrogens is 462 g/mol. The van der Waals surface area contributed by atoms with Crippen molar-refractivity contribution < 1.29 is 28.3 Å². The van der Waals surface area contributed by atoms with Crippen LogP contribution < -0.4 is 24.3 Å². The van der Waals surface area contributed by atoms with E-state index in [0.717, 1.165) is 0 Å². The molecule has 34 heavy (non-hydrogen) atoms. The van der Waals surface area contributed by atoms with Crippen LogP contribution in [0.2, 0.25) is 5.02 Å². The van der Waals surface area contributed by atoms with Crippen molar-refractivity contribution in [1.82, 2.24) is 5.16 Å². The number of carbonyl (C=O) groups is 1. The van der Waals surface area contributed by atoms with Gasteiger partial charge in [0.1, 0.15) is 30.6 Å². The Morgan fingerprint density at radius 3 is 2.47 bits per heavy atom. The third kappa shape index (κ3) is 6.21. The number of nitrogens with zero attached hydrogens (tertiary/aromatic N) is 2. The Labute approximate surface area is 201 Å². The number of amides is 1. The number of para-hydroxylation sites is 2. The number of rotatable bonds is 10. The van der Waals surface area contributed by atoms with Crippen molar-refractivity contribution in [3.63, 3.8) is 0 Å². The average Bonchev–Trinajstić information content (AvgIpc) is 3.25. The SMILES string of the molecule is COc1ccccc1OCCOc1c(Cl)cc(/C=C(/C#N)C(=O)Nc2cc(C)on2)cc1OC. The molecule has 0 unspecified atom stereocenters. The molecule has 0 atom stereocenters. The summed E-state index contributed by atoms with van der Waals surface area (Å²) < 4.78 is 27.0. The number of halogens is 1. The molecule has 0 bridgehead atoms. The van der Waals surface area contributed by atoms with E-state index in [2.05, 4.69) is 10.5 Å². The number of nitriles is 1. The largest absolute Gasteiger partial charge is 0.493 e. The smallest absolute Gasteiger partial charge is 0.267 e. The minimum atomic E-state index is -0.639. The molecule has 1 N–H and O–H groups in total. The molecule has 0 saturated heterocycles. The van der Waals surface area contributed by atoms with Gasteiger partial charge in [0.05, 0.1) is 19.2 Å². The second-order valence-electron chi connectivity index (χ2n) is 6.83. The number of aryl methyl sites for hydroxylation is 1. The highest BCUT2D eigenvalue weighted by Crippen LogP contribution is 2.37. The molecule has 0 aliphatic carbocycles. The van der Waals surface area contributed by atoms with E-state index in [9.17, 15) is 10.1 Å². The summed E-state index contributed by atoms with van der Waals surface area (Å²) in [6.07, 6.45) is 1.38. The zero-order valence-corrected chi connectivity index (χ0v) is 19.5. The Morgan fingerprint density at radius 2 is 1.82 bits per heavy atom. The van der Waals surface area contributed by atoms with E-state index < -0.39 is 5.91 Å². The second-order valence-corrected chi connectivity index (χ2v) is 7.24. The molecule has 0 aliphatic rings. The van der Waals surface area contributed by atoms with Crippen LogP contribution in [-0.2, 0) is 4.79 Å². The van der Waals surface area contributed by atoms with Crippen molar-refractivity contribution >= 4 is 29.4 Å². The number of nitrogens with one attached hydrogen (secondary N) is 1. The molecular formula is C24H22ClN3O6. The number of benzene rings is 2. The summed E-state index contributed by atoms with van der Waals surface area (Å²) in [6, 6.07) is 13.8. The van der Waals surface area contributed by atoms with Gasteiger partial charge in [-0.3, -0.25) is 4.79 Å². The summed E-state index contributed by atoms with van der Waals surface area (Å²) in [5, 5.41) is 15.9. The lowest BCUT2D eigenvalue weighted by molar-refractivity contribution is -0.112. The fraction of sp³-hybridized carbons (Fsp3) is 0.208. The van der Waals surface area contributed by atoms with Crippen LogP contribution in [0.3, 0.4) is 0 Å². The van der Waals surface area contributed by atoms with Crippen molar-refractivity contribution in [3.05, 3.63) is 64.4 Å². The van der Waals surface area contributed by atoms with Gasteiger partial charge in [0.2, 0.25) is 0 Å². The molecule has 176 valence electrons. The molecule has 0 spiro atoms. The fourth-order valence-electron chi connectivity index (χ4n) is 2.92. The van der Waals surface area contributed by atoms with Crippen LogP contribution in [0.25, 0.3) is 6.08 Å². The van der Waals surface area contributed by atoms with Crippen LogP contribution in [0.1, 0.15) is 11.3 Å². The van der Waals surface area contributed by atoms with E-state index in [1.807, 2.05) is 18.2 Å². The maximum atomic E-state index is 12.4. The zero-order valence-electron chi connectivity index (χ0n) is 18.8. The van der Waals surface area contributed by atoms with Crippen molar-refractivity contribution in [2.75, 3.05) is 32.8 Å². The Balaban J connectivity index is 1.69. The van der Waals surface area contributed by atoms with Gasteiger partial charge in [0.25, 0.3) is 5.91 Å². The number of carbonyl (C=O) groups excluding carboxylic acids is 1. The number of aromatic nitrogens is 1. The molecule has 3 aromatic rings. The standard InChI is InChI=1S/C24H22ClN3O6/c1-15-10-22(28-34-15)27-24(29)17(14-26)11-16-12-18(25)23(21(13-16)31-3)33-9-8-32-20-7-5-4-6-19(20)30-2/h4-7,10-13H,8-9H2,1-3H3,(H,27,28,29)/b17-11-. The molecule has 9 nitrogen and oxygen atoms in total. The van der Waals surface area contributed by atoms with Crippen LogP contribution in [0.5, 0.6) is 23.0 Å². The fourth-order valence-corrected chi connectivity index (χ4v) is 3.19. The van der Waals surface area contributed by atoms with Gasteiger partial charge in [-0.2, -0.15) is 5.26 Å². The van der Waals surface area contributed by atoms with Gasteiger partial charge in [-0.1, -0.05) is 28.9 Å². The minimum absolute atomic E-state index is 0.155. The number of methoxy groups -OCH3 is 2. The van der Waals surface area contributed by atoms with Gasteiger partial charge in [0, 0.05) is 6.07 Å². The number of hydrogen-bond donors (Lipinski definition) is 1. The van der Waals surface area contributed by atoms with Crippen LogP contribution in [-0.4, -0.2) is 38.5 Å². The van der Waals surface area contributed by atoms with E-state index in [1.54, 1.807) is 38.3 Å². The molecule has 0 fully saturated rings. The predicted octanol–water partition coefficient (Wildman–Crippen LogP) is 4.66. The first-order valence-corrected chi connectivity index (χ1v) is 10.5. The van der Waals surface area contributed by atoms with E-state index in [0.29, 0.717) is 34.3 Å². The van der Waals surface area contributed by atoms with Crippen molar-refractivity contribution in [3.8, 4) is 29.1 Å². The summed E-state index contributed by atoms with van der Waals surface area (Å²) in [5.74, 6) is 1.95. The molecule has 0 saturated carbocycles. The average molecular weight is 484 g/mol. The highest BCUT2D eigenvalue weighted by molar-refractivity contribution is 6.32. The van der Waals surface area contributed by atoms with Gasteiger partial charge in [-0.25, -0.2) is 0 Å². The maximum absolute atomic E-state index is 12.4. The third-order valence-corrected chi connectivity index (χ3v) is 4.73. The molecule has 3 rings (SSSR count). The quantitative estimate of drug-likeness (QED) is 0.251. The van der Waals surface area contributed by atoms with E-state index >= 15 is 0 Å². The maximum Gasteiger partial charge on any atom is 0.267 e. The first-order chi connectivity index (χ1) is 16.4. The summed E-state index contributed by atoms with van der Waals surface area (Å²) in [5.41, 5.74) is 0.320.